The van der Waals surface area contributed by atoms with Crippen LogP contribution in [0.2, 0.25) is 0 Å². The van der Waals surface area contributed by atoms with Gasteiger partial charge in [0.15, 0.2) is 0 Å². The number of halogens is 3. The number of likely N-dealkylation sites (N-methyl/N-ethyl adjacent to an activating group) is 1. The Bertz CT molecular complexity index is 509. The minimum Gasteiger partial charge on any atom is -0.323 e. The van der Waals surface area contributed by atoms with Crippen LogP contribution in [0.15, 0.2) is 0 Å². The average Bonchev–Trinajstić information content (AvgIpc) is 3.03. The zero-order valence-electron chi connectivity index (χ0n) is 12.2. The minimum atomic E-state index is -4.38. The second-order valence-electron chi connectivity index (χ2n) is 5.79. The van der Waals surface area contributed by atoms with Crippen LogP contribution in [-0.4, -0.2) is 40.1 Å². The van der Waals surface area contributed by atoms with Gasteiger partial charge in [-0.05, 0) is 25.9 Å². The van der Waals surface area contributed by atoms with Gasteiger partial charge in [-0.25, -0.2) is 4.98 Å². The fraction of sp³-hybridized carbons (Fsp3) is 0.786. The number of aromatic nitrogens is 2. The molecular weight excluding hydrogens is 281 g/mol. The largest absolute Gasteiger partial charge is 0.449 e. The second kappa shape index (κ2) is 5.61. The summed E-state index contributed by atoms with van der Waals surface area (Å²) in [6.07, 6.45) is -1.72. The Balaban J connectivity index is 1.94. The van der Waals surface area contributed by atoms with E-state index in [2.05, 4.69) is 22.1 Å². The van der Waals surface area contributed by atoms with Crippen molar-refractivity contribution < 1.29 is 13.2 Å². The molecule has 0 aromatic carbocycles. The zero-order valence-corrected chi connectivity index (χ0v) is 12.2. The second-order valence-corrected chi connectivity index (χ2v) is 5.79. The van der Waals surface area contributed by atoms with Gasteiger partial charge in [0.1, 0.15) is 0 Å². The molecule has 3 heterocycles. The summed E-state index contributed by atoms with van der Waals surface area (Å²) in [5.74, 6) is -0.723. The van der Waals surface area contributed by atoms with Crippen LogP contribution in [0.1, 0.15) is 37.0 Å². The first kappa shape index (κ1) is 14.8. The van der Waals surface area contributed by atoms with Gasteiger partial charge in [-0.1, -0.05) is 6.92 Å². The zero-order chi connectivity index (χ0) is 15.0. The van der Waals surface area contributed by atoms with Crippen molar-refractivity contribution in [3.05, 3.63) is 17.2 Å². The number of nitrogens with zero attached hydrogens (tertiary/aromatic N) is 3. The lowest BCUT2D eigenvalue weighted by atomic mass is 10.1. The Morgan fingerprint density at radius 2 is 2.19 bits per heavy atom. The van der Waals surface area contributed by atoms with Gasteiger partial charge >= 0.3 is 6.18 Å². The maximum Gasteiger partial charge on any atom is 0.449 e. The van der Waals surface area contributed by atoms with E-state index < -0.39 is 12.0 Å². The SMILES string of the molecule is CCN1CCCC1Cn1c(C(F)(F)F)nc2c1CCNC2. The van der Waals surface area contributed by atoms with E-state index in [1.54, 1.807) is 0 Å². The van der Waals surface area contributed by atoms with Crippen molar-refractivity contribution in [2.75, 3.05) is 19.6 Å². The highest BCUT2D eigenvalue weighted by Gasteiger charge is 2.40. The molecule has 2 aliphatic rings. The molecule has 0 saturated carbocycles. The van der Waals surface area contributed by atoms with Crippen LogP contribution in [0.25, 0.3) is 0 Å². The molecular formula is C14H21F3N4. The maximum absolute atomic E-state index is 13.3. The van der Waals surface area contributed by atoms with Crippen LogP contribution in [0, 0.1) is 0 Å². The molecule has 1 atom stereocenters. The van der Waals surface area contributed by atoms with E-state index in [1.165, 1.54) is 4.57 Å². The lowest BCUT2D eigenvalue weighted by Gasteiger charge is -2.26. The van der Waals surface area contributed by atoms with Crippen molar-refractivity contribution in [3.63, 3.8) is 0 Å². The van der Waals surface area contributed by atoms with E-state index >= 15 is 0 Å². The Labute approximate surface area is 122 Å². The average molecular weight is 302 g/mol. The van der Waals surface area contributed by atoms with E-state index in [-0.39, 0.29) is 6.04 Å². The van der Waals surface area contributed by atoms with E-state index in [0.717, 1.165) is 38.2 Å². The molecule has 2 aliphatic heterocycles. The van der Waals surface area contributed by atoms with Crippen molar-refractivity contribution in [3.8, 4) is 0 Å². The summed E-state index contributed by atoms with van der Waals surface area (Å²) in [5.41, 5.74) is 1.33. The number of likely N-dealkylation sites (tertiary alicyclic amines) is 1. The number of nitrogens with one attached hydrogen (secondary N) is 1. The van der Waals surface area contributed by atoms with Crippen molar-refractivity contribution in [1.82, 2.24) is 19.8 Å². The normalized spacial score (nSPS) is 23.5. The highest BCUT2D eigenvalue weighted by atomic mass is 19.4. The molecule has 1 fully saturated rings. The first-order valence-electron chi connectivity index (χ1n) is 7.61. The number of fused-ring (bicyclic) bond motifs is 1. The van der Waals surface area contributed by atoms with Gasteiger partial charge in [-0.15, -0.1) is 0 Å². The number of imidazole rings is 1. The Morgan fingerprint density at radius 1 is 1.38 bits per heavy atom. The van der Waals surface area contributed by atoms with Crippen molar-refractivity contribution in [2.24, 2.45) is 0 Å². The summed E-state index contributed by atoms with van der Waals surface area (Å²) >= 11 is 0. The third-order valence-corrected chi connectivity index (χ3v) is 4.54. The van der Waals surface area contributed by atoms with E-state index in [4.69, 9.17) is 0 Å². The quantitative estimate of drug-likeness (QED) is 0.927. The van der Waals surface area contributed by atoms with Gasteiger partial charge in [-0.3, -0.25) is 4.90 Å². The van der Waals surface area contributed by atoms with Crippen LogP contribution in [0.4, 0.5) is 13.2 Å². The summed E-state index contributed by atoms with van der Waals surface area (Å²) in [4.78, 5) is 6.14. The Hall–Kier alpha value is -1.08. The molecule has 1 N–H and O–H groups in total. The monoisotopic (exact) mass is 302 g/mol. The smallest absolute Gasteiger partial charge is 0.323 e. The highest BCUT2D eigenvalue weighted by Crippen LogP contribution is 2.32. The van der Waals surface area contributed by atoms with Gasteiger partial charge in [0, 0.05) is 37.8 Å². The van der Waals surface area contributed by atoms with Crippen LogP contribution < -0.4 is 5.32 Å². The number of rotatable bonds is 3. The standard InChI is InChI=1S/C14H21F3N4/c1-2-20-7-3-4-10(20)9-21-12-5-6-18-8-11(12)19-13(21)14(15,16)17/h10,18H,2-9H2,1H3. The predicted octanol–water partition coefficient (Wildman–Crippen LogP) is 2.03. The number of hydrogen-bond donors (Lipinski definition) is 1. The summed E-state index contributed by atoms with van der Waals surface area (Å²) in [6, 6.07) is 0.198. The summed E-state index contributed by atoms with van der Waals surface area (Å²) < 4.78 is 41.3. The van der Waals surface area contributed by atoms with Crippen LogP contribution in [0.5, 0.6) is 0 Å². The third-order valence-electron chi connectivity index (χ3n) is 4.54. The maximum atomic E-state index is 13.3. The van der Waals surface area contributed by atoms with Crippen LogP contribution in [-0.2, 0) is 25.7 Å². The first-order valence-corrected chi connectivity index (χ1v) is 7.61. The van der Waals surface area contributed by atoms with Crippen molar-refractivity contribution in [1.29, 1.82) is 0 Å². The van der Waals surface area contributed by atoms with Crippen molar-refractivity contribution >= 4 is 0 Å². The lowest BCUT2D eigenvalue weighted by molar-refractivity contribution is -0.147. The fourth-order valence-electron chi connectivity index (χ4n) is 3.51. The molecule has 7 heteroatoms. The molecule has 0 amide bonds. The highest BCUT2D eigenvalue weighted by molar-refractivity contribution is 5.22. The molecule has 1 unspecified atom stereocenters. The third kappa shape index (κ3) is 2.81. The van der Waals surface area contributed by atoms with Gasteiger partial charge < -0.3 is 9.88 Å². The van der Waals surface area contributed by atoms with Crippen LogP contribution >= 0.6 is 0 Å². The molecule has 0 spiro atoms. The molecule has 0 bridgehead atoms. The molecule has 1 saturated heterocycles. The van der Waals surface area contributed by atoms with E-state index in [0.29, 0.717) is 25.2 Å². The molecule has 118 valence electrons. The van der Waals surface area contributed by atoms with Gasteiger partial charge in [0.25, 0.3) is 0 Å². The number of alkyl halides is 3. The summed E-state index contributed by atoms with van der Waals surface area (Å²) in [6.45, 7) is 5.51. The lowest BCUT2D eigenvalue weighted by Crippen LogP contribution is -2.35. The molecule has 0 aliphatic carbocycles. The van der Waals surface area contributed by atoms with Gasteiger partial charge in [0.2, 0.25) is 5.82 Å². The minimum absolute atomic E-state index is 0.198. The summed E-state index contributed by atoms with van der Waals surface area (Å²) in [7, 11) is 0. The van der Waals surface area contributed by atoms with Crippen LogP contribution in [0.3, 0.4) is 0 Å². The predicted molar refractivity (Wildman–Crippen MR) is 72.9 cm³/mol. The molecule has 1 aromatic rings. The van der Waals surface area contributed by atoms with Gasteiger partial charge in [0.05, 0.1) is 5.69 Å². The van der Waals surface area contributed by atoms with Crippen molar-refractivity contribution in [2.45, 2.75) is 51.5 Å². The number of hydrogen-bond acceptors (Lipinski definition) is 3. The summed E-state index contributed by atoms with van der Waals surface area (Å²) in [5, 5.41) is 3.09. The van der Waals surface area contributed by atoms with E-state index in [1.807, 2.05) is 0 Å². The first-order chi connectivity index (χ1) is 10.0. The molecule has 3 rings (SSSR count). The van der Waals surface area contributed by atoms with Gasteiger partial charge in [-0.2, -0.15) is 13.2 Å². The molecule has 21 heavy (non-hydrogen) atoms. The molecule has 4 nitrogen and oxygen atoms in total. The fourth-order valence-corrected chi connectivity index (χ4v) is 3.51. The Morgan fingerprint density at radius 3 is 2.90 bits per heavy atom. The topological polar surface area (TPSA) is 33.1 Å². The molecule has 1 aromatic heterocycles. The van der Waals surface area contributed by atoms with E-state index in [9.17, 15) is 13.2 Å². The Kier molecular flexibility index (Phi) is 3.96. The molecule has 0 radical (unpaired) electrons.